The fourth-order valence-electron chi connectivity index (χ4n) is 1.57. The third-order valence-corrected chi connectivity index (χ3v) is 2.64. The molecule has 0 aromatic heterocycles. The molecule has 2 N–H and O–H groups in total. The molecule has 102 valence electrons. The first-order valence-corrected chi connectivity index (χ1v) is 6.18. The van der Waals surface area contributed by atoms with Crippen LogP contribution >= 0.6 is 0 Å². The van der Waals surface area contributed by atoms with Gasteiger partial charge in [-0.1, -0.05) is 17.9 Å². The molecule has 0 radical (unpaired) electrons. The Labute approximate surface area is 114 Å². The van der Waals surface area contributed by atoms with Crippen molar-refractivity contribution in [2.45, 2.75) is 6.92 Å². The Morgan fingerprint density at radius 1 is 1.42 bits per heavy atom. The van der Waals surface area contributed by atoms with Crippen molar-refractivity contribution >= 4 is 5.91 Å². The molecule has 0 fully saturated rings. The van der Waals surface area contributed by atoms with E-state index in [1.807, 2.05) is 38.1 Å². The van der Waals surface area contributed by atoms with E-state index in [0.29, 0.717) is 12.1 Å². The lowest BCUT2D eigenvalue weighted by atomic mass is 10.0. The largest absolute Gasteiger partial charge is 0.384 e. The van der Waals surface area contributed by atoms with Crippen LogP contribution in [0.3, 0.4) is 0 Å². The summed E-state index contributed by atoms with van der Waals surface area (Å²) in [5, 5.41) is 11.5. The van der Waals surface area contributed by atoms with Crippen LogP contribution in [0.25, 0.3) is 0 Å². The van der Waals surface area contributed by atoms with E-state index in [2.05, 4.69) is 17.2 Å². The summed E-state index contributed by atoms with van der Waals surface area (Å²) < 4.78 is 0. The first-order valence-electron chi connectivity index (χ1n) is 6.18. The summed E-state index contributed by atoms with van der Waals surface area (Å²) in [6, 6.07) is 5.46. The predicted molar refractivity (Wildman–Crippen MR) is 76.0 cm³/mol. The van der Waals surface area contributed by atoms with E-state index in [9.17, 15) is 4.79 Å². The molecule has 1 aromatic rings. The molecule has 4 heteroatoms. The number of nitrogens with zero attached hydrogens (tertiary/aromatic N) is 1. The topological polar surface area (TPSA) is 52.6 Å². The maximum absolute atomic E-state index is 12.0. The van der Waals surface area contributed by atoms with Crippen molar-refractivity contribution < 1.29 is 9.90 Å². The molecule has 0 aliphatic heterocycles. The van der Waals surface area contributed by atoms with Crippen LogP contribution in [0.1, 0.15) is 21.5 Å². The average Bonchev–Trinajstić information content (AvgIpc) is 2.37. The van der Waals surface area contributed by atoms with Gasteiger partial charge in [-0.3, -0.25) is 4.79 Å². The van der Waals surface area contributed by atoms with Crippen LogP contribution in [-0.4, -0.2) is 49.7 Å². The lowest BCUT2D eigenvalue weighted by molar-refractivity contribution is 0.0950. The summed E-state index contributed by atoms with van der Waals surface area (Å²) in [6.07, 6.45) is 0. The molecule has 19 heavy (non-hydrogen) atoms. The van der Waals surface area contributed by atoms with E-state index in [4.69, 9.17) is 5.11 Å². The number of rotatable bonds is 4. The Bertz CT molecular complexity index is 499. The molecule has 0 unspecified atom stereocenters. The number of hydrogen-bond acceptors (Lipinski definition) is 3. The molecule has 0 saturated carbocycles. The Hall–Kier alpha value is -1.83. The van der Waals surface area contributed by atoms with E-state index in [0.717, 1.165) is 17.7 Å². The van der Waals surface area contributed by atoms with Gasteiger partial charge in [-0.15, -0.1) is 0 Å². The average molecular weight is 260 g/mol. The van der Waals surface area contributed by atoms with Crippen LogP contribution < -0.4 is 5.32 Å². The summed E-state index contributed by atoms with van der Waals surface area (Å²) in [4.78, 5) is 14.1. The van der Waals surface area contributed by atoms with Gasteiger partial charge in [0.1, 0.15) is 6.61 Å². The fraction of sp³-hybridized carbons (Fsp3) is 0.400. The molecule has 0 bridgehead atoms. The highest BCUT2D eigenvalue weighted by molar-refractivity contribution is 5.96. The molecule has 0 atom stereocenters. The van der Waals surface area contributed by atoms with Gasteiger partial charge >= 0.3 is 0 Å². The minimum Gasteiger partial charge on any atom is -0.384 e. The van der Waals surface area contributed by atoms with Crippen molar-refractivity contribution in [2.24, 2.45) is 0 Å². The van der Waals surface area contributed by atoms with Gasteiger partial charge in [-0.25, -0.2) is 0 Å². The van der Waals surface area contributed by atoms with E-state index >= 15 is 0 Å². The van der Waals surface area contributed by atoms with Crippen LogP contribution in [-0.2, 0) is 0 Å². The van der Waals surface area contributed by atoms with Gasteiger partial charge in [0.05, 0.1) is 0 Å². The number of aliphatic hydroxyl groups is 1. The third-order valence-electron chi connectivity index (χ3n) is 2.64. The fourth-order valence-corrected chi connectivity index (χ4v) is 1.57. The molecular weight excluding hydrogens is 240 g/mol. The number of aliphatic hydroxyl groups excluding tert-OH is 1. The number of benzene rings is 1. The molecule has 0 aliphatic rings. The van der Waals surface area contributed by atoms with Crippen LogP contribution in [0.15, 0.2) is 18.2 Å². The lowest BCUT2D eigenvalue weighted by Crippen LogP contribution is -2.31. The quantitative estimate of drug-likeness (QED) is 0.781. The van der Waals surface area contributed by atoms with Gasteiger partial charge in [-0.05, 0) is 38.7 Å². The number of nitrogens with one attached hydrogen (secondary N) is 1. The first-order chi connectivity index (χ1) is 9.04. The smallest absolute Gasteiger partial charge is 0.251 e. The van der Waals surface area contributed by atoms with Gasteiger partial charge in [-0.2, -0.15) is 0 Å². The van der Waals surface area contributed by atoms with Crippen LogP contribution in [0, 0.1) is 18.8 Å². The van der Waals surface area contributed by atoms with Gasteiger partial charge < -0.3 is 15.3 Å². The summed E-state index contributed by atoms with van der Waals surface area (Å²) in [5.74, 6) is 5.29. The molecule has 4 nitrogen and oxygen atoms in total. The minimum atomic E-state index is -0.182. The Kier molecular flexibility index (Phi) is 6.07. The van der Waals surface area contributed by atoms with Gasteiger partial charge in [0.2, 0.25) is 0 Å². The van der Waals surface area contributed by atoms with Crippen molar-refractivity contribution in [3.8, 4) is 11.8 Å². The predicted octanol–water partition coefficient (Wildman–Crippen LogP) is 0.630. The van der Waals surface area contributed by atoms with E-state index in [-0.39, 0.29) is 12.5 Å². The third kappa shape index (κ3) is 5.12. The van der Waals surface area contributed by atoms with Gasteiger partial charge in [0.15, 0.2) is 0 Å². The zero-order valence-corrected chi connectivity index (χ0v) is 11.7. The highest BCUT2D eigenvalue weighted by Crippen LogP contribution is 2.10. The van der Waals surface area contributed by atoms with Crippen molar-refractivity contribution in [2.75, 3.05) is 33.8 Å². The Balaban J connectivity index is 2.78. The minimum absolute atomic E-state index is 0.0907. The summed E-state index contributed by atoms with van der Waals surface area (Å²) >= 11 is 0. The molecule has 1 amide bonds. The van der Waals surface area contributed by atoms with Crippen molar-refractivity contribution in [3.05, 3.63) is 34.9 Å². The number of carbonyl (C=O) groups is 1. The number of amides is 1. The van der Waals surface area contributed by atoms with E-state index in [1.165, 1.54) is 0 Å². The standard InChI is InChI=1S/C15H20N2O2/c1-12-6-7-13(5-4-10-18)11-14(12)15(19)16-8-9-17(2)3/h6-7,11,18H,8-10H2,1-3H3,(H,16,19). The maximum atomic E-state index is 12.0. The normalized spacial score (nSPS) is 9.95. The number of hydrogen-bond donors (Lipinski definition) is 2. The second kappa shape index (κ2) is 7.57. The Morgan fingerprint density at radius 2 is 2.16 bits per heavy atom. The first kappa shape index (κ1) is 15.2. The van der Waals surface area contributed by atoms with Crippen LogP contribution in [0.5, 0.6) is 0 Å². The number of likely N-dealkylation sites (N-methyl/N-ethyl adjacent to an activating group) is 1. The van der Waals surface area contributed by atoms with Crippen molar-refractivity contribution in [3.63, 3.8) is 0 Å². The highest BCUT2D eigenvalue weighted by atomic mass is 16.2. The van der Waals surface area contributed by atoms with Crippen LogP contribution in [0.2, 0.25) is 0 Å². The van der Waals surface area contributed by atoms with E-state index in [1.54, 1.807) is 6.07 Å². The van der Waals surface area contributed by atoms with Crippen LogP contribution in [0.4, 0.5) is 0 Å². The number of aryl methyl sites for hydroxylation is 1. The molecule has 1 aromatic carbocycles. The monoisotopic (exact) mass is 260 g/mol. The van der Waals surface area contributed by atoms with Gasteiger partial charge in [0, 0.05) is 24.2 Å². The molecule has 0 heterocycles. The molecule has 0 saturated heterocycles. The molecule has 0 spiro atoms. The zero-order valence-electron chi connectivity index (χ0n) is 11.7. The van der Waals surface area contributed by atoms with Gasteiger partial charge in [0.25, 0.3) is 5.91 Å². The summed E-state index contributed by atoms with van der Waals surface area (Å²) in [5.41, 5.74) is 2.28. The maximum Gasteiger partial charge on any atom is 0.251 e. The molecule has 1 rings (SSSR count). The summed E-state index contributed by atoms with van der Waals surface area (Å²) in [6.45, 7) is 3.12. The highest BCUT2D eigenvalue weighted by Gasteiger charge is 2.08. The van der Waals surface area contributed by atoms with Crippen molar-refractivity contribution in [1.29, 1.82) is 0 Å². The zero-order chi connectivity index (χ0) is 14.3. The molecular formula is C15H20N2O2. The SMILES string of the molecule is Cc1ccc(C#CCO)cc1C(=O)NCCN(C)C. The summed E-state index contributed by atoms with van der Waals surface area (Å²) in [7, 11) is 3.92. The van der Waals surface area contributed by atoms with Crippen molar-refractivity contribution in [1.82, 2.24) is 10.2 Å². The molecule has 0 aliphatic carbocycles. The lowest BCUT2D eigenvalue weighted by Gasteiger charge is -2.11. The number of carbonyl (C=O) groups excluding carboxylic acids is 1. The second-order valence-electron chi connectivity index (χ2n) is 4.55. The second-order valence-corrected chi connectivity index (χ2v) is 4.55. The Morgan fingerprint density at radius 3 is 2.79 bits per heavy atom. The van der Waals surface area contributed by atoms with E-state index < -0.39 is 0 Å².